The van der Waals surface area contributed by atoms with Crippen LogP contribution in [-0.4, -0.2) is 34.8 Å². The number of benzene rings is 2. The van der Waals surface area contributed by atoms with Crippen LogP contribution >= 0.6 is 0 Å². The van der Waals surface area contributed by atoms with Gasteiger partial charge in [0, 0.05) is 24.4 Å². The molecule has 1 fully saturated rings. The summed E-state index contributed by atoms with van der Waals surface area (Å²) in [6.07, 6.45) is 12.1. The number of cyclic esters (lactones) is 1. The third-order valence-electron chi connectivity index (χ3n) is 6.12. The van der Waals surface area contributed by atoms with Crippen molar-refractivity contribution in [2.45, 2.75) is 70.5 Å². The van der Waals surface area contributed by atoms with Crippen molar-refractivity contribution in [3.8, 4) is 22.9 Å². The first-order valence-electron chi connectivity index (χ1n) is 12.7. The summed E-state index contributed by atoms with van der Waals surface area (Å²) in [5.74, 6) is 1.71. The Balaban J connectivity index is 1.21. The molecule has 0 N–H and O–H groups in total. The van der Waals surface area contributed by atoms with Gasteiger partial charge in [-0.15, -0.1) is 0 Å². The van der Waals surface area contributed by atoms with Crippen LogP contribution in [0.25, 0.3) is 11.4 Å². The van der Waals surface area contributed by atoms with E-state index in [1.807, 2.05) is 67.0 Å². The van der Waals surface area contributed by atoms with E-state index in [9.17, 15) is 4.79 Å². The zero-order chi connectivity index (χ0) is 24.3. The van der Waals surface area contributed by atoms with E-state index in [1.165, 1.54) is 44.1 Å². The molecule has 0 spiro atoms. The van der Waals surface area contributed by atoms with Gasteiger partial charge in [-0.05, 0) is 54.8 Å². The van der Waals surface area contributed by atoms with Gasteiger partial charge in [0.25, 0.3) is 0 Å². The van der Waals surface area contributed by atoms with E-state index in [2.05, 4.69) is 16.9 Å². The van der Waals surface area contributed by atoms with Crippen molar-refractivity contribution in [3.05, 3.63) is 72.6 Å². The SMILES string of the molecule is CCCCCCCCc1cnc(-c2ccc(OCC3C[C@H](Oc4ccccc4)C(=O)O3)cc2)nc1. The largest absolute Gasteiger partial charge is 0.490 e. The number of rotatable bonds is 13. The number of esters is 1. The predicted octanol–water partition coefficient (Wildman–Crippen LogP) is 6.19. The lowest BCUT2D eigenvalue weighted by Crippen LogP contribution is -2.21. The Morgan fingerprint density at radius 1 is 0.886 bits per heavy atom. The fourth-order valence-electron chi connectivity index (χ4n) is 4.12. The molecule has 1 aromatic heterocycles. The molecule has 3 aromatic rings. The molecule has 2 atom stereocenters. The quantitative estimate of drug-likeness (QED) is 0.217. The maximum atomic E-state index is 12.1. The summed E-state index contributed by atoms with van der Waals surface area (Å²) >= 11 is 0. The Bertz CT molecular complexity index is 1040. The zero-order valence-electron chi connectivity index (χ0n) is 20.4. The van der Waals surface area contributed by atoms with Crippen molar-refractivity contribution in [3.63, 3.8) is 0 Å². The number of nitrogens with zero attached hydrogens (tertiary/aromatic N) is 2. The fourth-order valence-corrected chi connectivity index (χ4v) is 4.12. The van der Waals surface area contributed by atoms with Crippen LogP contribution < -0.4 is 9.47 Å². The summed E-state index contributed by atoms with van der Waals surface area (Å²) < 4.78 is 17.0. The van der Waals surface area contributed by atoms with Gasteiger partial charge < -0.3 is 14.2 Å². The van der Waals surface area contributed by atoms with Crippen LogP contribution in [0.2, 0.25) is 0 Å². The van der Waals surface area contributed by atoms with Gasteiger partial charge in [-0.2, -0.15) is 0 Å². The normalized spacial score (nSPS) is 17.2. The highest BCUT2D eigenvalue weighted by Crippen LogP contribution is 2.24. The van der Waals surface area contributed by atoms with Crippen LogP contribution in [0, 0.1) is 0 Å². The zero-order valence-corrected chi connectivity index (χ0v) is 20.4. The molecule has 0 aliphatic carbocycles. The van der Waals surface area contributed by atoms with Gasteiger partial charge in [-0.25, -0.2) is 14.8 Å². The Kier molecular flexibility index (Phi) is 9.10. The van der Waals surface area contributed by atoms with Crippen LogP contribution in [0.15, 0.2) is 67.0 Å². The average molecular weight is 475 g/mol. The number of carbonyl (C=O) groups is 1. The molecule has 0 radical (unpaired) electrons. The van der Waals surface area contributed by atoms with E-state index in [0.29, 0.717) is 23.7 Å². The average Bonchev–Trinajstić information content (AvgIpc) is 3.25. The molecular weight excluding hydrogens is 440 g/mol. The Morgan fingerprint density at radius 2 is 1.60 bits per heavy atom. The molecular formula is C29H34N2O4. The maximum absolute atomic E-state index is 12.1. The van der Waals surface area contributed by atoms with Gasteiger partial charge >= 0.3 is 5.97 Å². The molecule has 1 unspecified atom stereocenters. The highest BCUT2D eigenvalue weighted by atomic mass is 16.6. The lowest BCUT2D eigenvalue weighted by atomic mass is 10.1. The molecule has 184 valence electrons. The number of unbranched alkanes of at least 4 members (excludes halogenated alkanes) is 5. The van der Waals surface area contributed by atoms with E-state index >= 15 is 0 Å². The first kappa shape index (κ1) is 24.7. The Morgan fingerprint density at radius 3 is 2.34 bits per heavy atom. The smallest absolute Gasteiger partial charge is 0.347 e. The van der Waals surface area contributed by atoms with E-state index < -0.39 is 6.10 Å². The number of ether oxygens (including phenoxy) is 3. The summed E-state index contributed by atoms with van der Waals surface area (Å²) in [5, 5.41) is 0. The lowest BCUT2D eigenvalue weighted by molar-refractivity contribution is -0.147. The summed E-state index contributed by atoms with van der Waals surface area (Å²) in [6, 6.07) is 17.0. The van der Waals surface area contributed by atoms with Crippen LogP contribution in [0.4, 0.5) is 0 Å². The fraction of sp³-hybridized carbons (Fsp3) is 0.414. The number of aryl methyl sites for hydroxylation is 1. The predicted molar refractivity (Wildman–Crippen MR) is 135 cm³/mol. The molecule has 2 heterocycles. The highest BCUT2D eigenvalue weighted by Gasteiger charge is 2.36. The van der Waals surface area contributed by atoms with Crippen molar-refractivity contribution in [2.75, 3.05) is 6.61 Å². The van der Waals surface area contributed by atoms with E-state index in [-0.39, 0.29) is 18.7 Å². The monoisotopic (exact) mass is 474 g/mol. The van der Waals surface area contributed by atoms with Crippen LogP contribution in [0.1, 0.15) is 57.4 Å². The number of aromatic nitrogens is 2. The molecule has 2 aromatic carbocycles. The highest BCUT2D eigenvalue weighted by molar-refractivity contribution is 5.77. The van der Waals surface area contributed by atoms with Crippen molar-refractivity contribution >= 4 is 5.97 Å². The van der Waals surface area contributed by atoms with Crippen molar-refractivity contribution in [1.82, 2.24) is 9.97 Å². The Labute approximate surface area is 207 Å². The second-order valence-corrected chi connectivity index (χ2v) is 8.98. The summed E-state index contributed by atoms with van der Waals surface area (Å²) in [4.78, 5) is 21.2. The topological polar surface area (TPSA) is 70.5 Å². The molecule has 4 rings (SSSR count). The van der Waals surface area contributed by atoms with E-state index in [4.69, 9.17) is 14.2 Å². The second-order valence-electron chi connectivity index (χ2n) is 8.98. The van der Waals surface area contributed by atoms with Crippen molar-refractivity contribution in [2.24, 2.45) is 0 Å². The number of hydrogen-bond acceptors (Lipinski definition) is 6. The van der Waals surface area contributed by atoms with Gasteiger partial charge in [0.15, 0.2) is 11.9 Å². The maximum Gasteiger partial charge on any atom is 0.347 e. The third kappa shape index (κ3) is 7.54. The van der Waals surface area contributed by atoms with Gasteiger partial charge in [0.1, 0.15) is 24.2 Å². The summed E-state index contributed by atoms with van der Waals surface area (Å²) in [5.41, 5.74) is 2.12. The van der Waals surface area contributed by atoms with Crippen molar-refractivity contribution in [1.29, 1.82) is 0 Å². The summed E-state index contributed by atoms with van der Waals surface area (Å²) in [6.45, 7) is 2.52. The first-order valence-corrected chi connectivity index (χ1v) is 12.7. The van der Waals surface area contributed by atoms with Crippen LogP contribution in [-0.2, 0) is 16.0 Å². The molecule has 6 heteroatoms. The molecule has 6 nitrogen and oxygen atoms in total. The number of hydrogen-bond donors (Lipinski definition) is 0. The first-order chi connectivity index (χ1) is 17.2. The van der Waals surface area contributed by atoms with Gasteiger partial charge in [0.05, 0.1) is 0 Å². The van der Waals surface area contributed by atoms with E-state index in [0.717, 1.165) is 12.0 Å². The molecule has 1 saturated heterocycles. The summed E-state index contributed by atoms with van der Waals surface area (Å²) in [7, 11) is 0. The minimum absolute atomic E-state index is 0.281. The van der Waals surface area contributed by atoms with Gasteiger partial charge in [0.2, 0.25) is 0 Å². The van der Waals surface area contributed by atoms with E-state index in [1.54, 1.807) is 0 Å². The third-order valence-corrected chi connectivity index (χ3v) is 6.12. The molecule has 0 bridgehead atoms. The molecule has 0 amide bonds. The number of para-hydroxylation sites is 1. The molecule has 35 heavy (non-hydrogen) atoms. The van der Waals surface area contributed by atoms with Crippen LogP contribution in [0.3, 0.4) is 0 Å². The van der Waals surface area contributed by atoms with Crippen LogP contribution in [0.5, 0.6) is 11.5 Å². The van der Waals surface area contributed by atoms with Gasteiger partial charge in [-0.3, -0.25) is 0 Å². The Hall–Kier alpha value is -3.41. The minimum Gasteiger partial charge on any atom is -0.490 e. The van der Waals surface area contributed by atoms with Crippen molar-refractivity contribution < 1.29 is 19.0 Å². The van der Waals surface area contributed by atoms with Gasteiger partial charge in [-0.1, -0.05) is 57.2 Å². The lowest BCUT2D eigenvalue weighted by Gasteiger charge is -2.11. The standard InChI is InChI=1S/C29H34N2O4/c1-2-3-4-5-6-8-11-22-19-30-28(31-20-22)23-14-16-24(17-15-23)33-21-26-18-27(29(32)35-26)34-25-12-9-7-10-13-25/h7,9-10,12-17,19-20,26-27H,2-6,8,11,18,21H2,1H3/t26?,27-/m0/s1. The molecule has 0 saturated carbocycles. The molecule has 1 aliphatic rings. The second kappa shape index (κ2) is 12.9. The molecule has 1 aliphatic heterocycles. The number of carbonyl (C=O) groups excluding carboxylic acids is 1. The minimum atomic E-state index is -0.602.